The summed E-state index contributed by atoms with van der Waals surface area (Å²) in [5.74, 6) is -0.953. The number of nitrogens with one attached hydrogen (secondary N) is 1. The van der Waals surface area contributed by atoms with Crippen LogP contribution in [0, 0.1) is 0 Å². The number of Topliss-reactive ketones (excluding diaryl/α,β-unsaturated/α-hetero) is 1. The largest absolute Gasteiger partial charge is 0.463 e. The van der Waals surface area contributed by atoms with Gasteiger partial charge in [-0.3, -0.25) is 4.79 Å². The lowest BCUT2D eigenvalue weighted by Gasteiger charge is -2.30. The van der Waals surface area contributed by atoms with Crippen molar-refractivity contribution in [3.8, 4) is 0 Å². The van der Waals surface area contributed by atoms with E-state index in [4.69, 9.17) is 16.3 Å². The molecule has 1 unspecified atom stereocenters. The number of dihydropyridines is 1. The number of thiophene rings is 1. The third-order valence-electron chi connectivity index (χ3n) is 4.38. The summed E-state index contributed by atoms with van der Waals surface area (Å²) in [6.45, 7) is 3.84. The van der Waals surface area contributed by atoms with E-state index < -0.39 is 11.9 Å². The van der Waals surface area contributed by atoms with Crippen LogP contribution < -0.4 is 5.32 Å². The van der Waals surface area contributed by atoms with Crippen LogP contribution in [0.25, 0.3) is 0 Å². The van der Waals surface area contributed by atoms with Crippen LogP contribution in [0.5, 0.6) is 0 Å². The molecule has 1 N–H and O–H groups in total. The van der Waals surface area contributed by atoms with E-state index in [1.807, 2.05) is 42.6 Å². The van der Waals surface area contributed by atoms with Gasteiger partial charge in [0.15, 0.2) is 5.78 Å². The number of carbonyl (C=O) groups is 2. The Bertz CT molecular complexity index is 901. The summed E-state index contributed by atoms with van der Waals surface area (Å²) in [5.41, 5.74) is 2.80. The van der Waals surface area contributed by atoms with Gasteiger partial charge in [-0.25, -0.2) is 4.79 Å². The highest BCUT2D eigenvalue weighted by Gasteiger charge is 2.38. The number of alkyl halides is 1. The lowest BCUT2D eigenvalue weighted by Crippen LogP contribution is -2.33. The van der Waals surface area contributed by atoms with Gasteiger partial charge < -0.3 is 10.1 Å². The Kier molecular flexibility index (Phi) is 6.14. The molecule has 2 heterocycles. The summed E-state index contributed by atoms with van der Waals surface area (Å²) in [6, 6.07) is 12.9. The van der Waals surface area contributed by atoms with Gasteiger partial charge in [0.25, 0.3) is 0 Å². The maximum Gasteiger partial charge on any atom is 0.336 e. The molecule has 1 aliphatic heterocycles. The molecule has 0 fully saturated rings. The number of allylic oxidation sites excluding steroid dienone is 3. The minimum atomic E-state index is -0.508. The Labute approximate surface area is 167 Å². The molecule has 1 aromatic carbocycles. The van der Waals surface area contributed by atoms with E-state index in [1.54, 1.807) is 19.1 Å². The van der Waals surface area contributed by atoms with E-state index in [0.717, 1.165) is 4.88 Å². The van der Waals surface area contributed by atoms with Crippen LogP contribution in [0.2, 0.25) is 0 Å². The predicted molar refractivity (Wildman–Crippen MR) is 108 cm³/mol. The topological polar surface area (TPSA) is 55.4 Å². The molecule has 1 aromatic heterocycles. The minimum Gasteiger partial charge on any atom is -0.463 e. The molecule has 4 nitrogen and oxygen atoms in total. The van der Waals surface area contributed by atoms with Gasteiger partial charge in [-0.1, -0.05) is 36.4 Å². The Morgan fingerprint density at radius 1 is 1.15 bits per heavy atom. The number of hydrogen-bond donors (Lipinski definition) is 1. The van der Waals surface area contributed by atoms with Gasteiger partial charge in [-0.05, 0) is 25.3 Å². The summed E-state index contributed by atoms with van der Waals surface area (Å²) in [6.07, 6.45) is 0. The average molecular weight is 402 g/mol. The summed E-state index contributed by atoms with van der Waals surface area (Å²) >= 11 is 7.62. The maximum atomic E-state index is 13.3. The van der Waals surface area contributed by atoms with Crippen molar-refractivity contribution in [3.63, 3.8) is 0 Å². The van der Waals surface area contributed by atoms with Crippen molar-refractivity contribution in [3.05, 3.63) is 80.8 Å². The lowest BCUT2D eigenvalue weighted by atomic mass is 9.81. The molecule has 1 aliphatic rings. The number of esters is 1. The zero-order valence-electron chi connectivity index (χ0n) is 15.1. The molecular formula is C21H20ClNO3S. The molecule has 2 aromatic rings. The molecular weight excluding hydrogens is 382 g/mol. The highest BCUT2D eigenvalue weighted by atomic mass is 35.5. The van der Waals surface area contributed by atoms with E-state index >= 15 is 0 Å². The standard InChI is InChI=1S/C21H20ClNO3S/c1-3-26-21(25)18-15(12-22)23-13(2)17(19(18)16-10-7-11-27-16)20(24)14-8-5-4-6-9-14/h4-11,19,23H,3,12H2,1-2H3. The van der Waals surface area contributed by atoms with Gasteiger partial charge in [0.2, 0.25) is 0 Å². The van der Waals surface area contributed by atoms with Crippen molar-refractivity contribution in [2.45, 2.75) is 19.8 Å². The molecule has 0 aliphatic carbocycles. The van der Waals surface area contributed by atoms with Crippen molar-refractivity contribution in [2.75, 3.05) is 12.5 Å². The Hall–Kier alpha value is -2.37. The van der Waals surface area contributed by atoms with Crippen LogP contribution in [-0.4, -0.2) is 24.2 Å². The summed E-state index contributed by atoms with van der Waals surface area (Å²) in [7, 11) is 0. The molecule has 0 saturated carbocycles. The highest BCUT2D eigenvalue weighted by Crippen LogP contribution is 2.42. The maximum absolute atomic E-state index is 13.3. The summed E-state index contributed by atoms with van der Waals surface area (Å²) in [5, 5.41) is 5.09. The zero-order chi connectivity index (χ0) is 19.4. The Morgan fingerprint density at radius 2 is 1.89 bits per heavy atom. The third kappa shape index (κ3) is 3.84. The van der Waals surface area contributed by atoms with Crippen LogP contribution in [0.1, 0.15) is 35.0 Å². The van der Waals surface area contributed by atoms with E-state index in [0.29, 0.717) is 28.1 Å². The fourth-order valence-electron chi connectivity index (χ4n) is 3.24. The smallest absolute Gasteiger partial charge is 0.336 e. The Morgan fingerprint density at radius 3 is 2.48 bits per heavy atom. The van der Waals surface area contributed by atoms with Gasteiger partial charge in [0.05, 0.1) is 24.0 Å². The number of hydrogen-bond acceptors (Lipinski definition) is 5. The summed E-state index contributed by atoms with van der Waals surface area (Å²) < 4.78 is 5.29. The second-order valence-electron chi connectivity index (χ2n) is 6.05. The van der Waals surface area contributed by atoms with Crippen molar-refractivity contribution < 1.29 is 14.3 Å². The third-order valence-corrected chi connectivity index (χ3v) is 5.59. The second kappa shape index (κ2) is 8.55. The molecule has 0 bridgehead atoms. The molecule has 0 amide bonds. The first kappa shape index (κ1) is 19.4. The van der Waals surface area contributed by atoms with Crippen molar-refractivity contribution in [2.24, 2.45) is 0 Å². The van der Waals surface area contributed by atoms with Crippen LogP contribution in [-0.2, 0) is 9.53 Å². The van der Waals surface area contributed by atoms with Gasteiger partial charge >= 0.3 is 5.97 Å². The van der Waals surface area contributed by atoms with Gasteiger partial charge in [0.1, 0.15) is 0 Å². The summed E-state index contributed by atoms with van der Waals surface area (Å²) in [4.78, 5) is 27.0. The average Bonchev–Trinajstić information content (AvgIpc) is 3.21. The highest BCUT2D eigenvalue weighted by molar-refractivity contribution is 7.10. The number of benzene rings is 1. The van der Waals surface area contributed by atoms with Crippen molar-refractivity contribution in [1.82, 2.24) is 5.32 Å². The number of carbonyl (C=O) groups excluding carboxylic acids is 2. The molecule has 6 heteroatoms. The number of rotatable bonds is 6. The molecule has 0 radical (unpaired) electrons. The molecule has 3 rings (SSSR count). The molecule has 0 saturated heterocycles. The van der Waals surface area contributed by atoms with Crippen LogP contribution >= 0.6 is 22.9 Å². The number of ketones is 1. The Balaban J connectivity index is 2.17. The van der Waals surface area contributed by atoms with Gasteiger partial charge in [-0.2, -0.15) is 0 Å². The van der Waals surface area contributed by atoms with Crippen molar-refractivity contribution >= 4 is 34.7 Å². The van der Waals surface area contributed by atoms with E-state index in [-0.39, 0.29) is 18.3 Å². The first-order chi connectivity index (χ1) is 13.1. The van der Waals surface area contributed by atoms with Crippen LogP contribution in [0.4, 0.5) is 0 Å². The van der Waals surface area contributed by atoms with Gasteiger partial charge in [-0.15, -0.1) is 22.9 Å². The normalized spacial score (nSPS) is 16.9. The van der Waals surface area contributed by atoms with Crippen molar-refractivity contribution in [1.29, 1.82) is 0 Å². The molecule has 1 atom stereocenters. The first-order valence-corrected chi connectivity index (χ1v) is 10.1. The molecule has 27 heavy (non-hydrogen) atoms. The predicted octanol–water partition coefficient (Wildman–Crippen LogP) is 4.65. The monoisotopic (exact) mass is 401 g/mol. The molecule has 0 spiro atoms. The van der Waals surface area contributed by atoms with E-state index in [9.17, 15) is 9.59 Å². The SMILES string of the molecule is CCOC(=O)C1=C(CCl)NC(C)=C(C(=O)c2ccccc2)C1c1cccs1. The number of ether oxygens (including phenoxy) is 1. The lowest BCUT2D eigenvalue weighted by molar-refractivity contribution is -0.138. The van der Waals surface area contributed by atoms with Crippen LogP contribution in [0.15, 0.2) is 70.4 Å². The number of halogens is 1. The second-order valence-corrected chi connectivity index (χ2v) is 7.30. The fourth-order valence-corrected chi connectivity index (χ4v) is 4.29. The quantitative estimate of drug-likeness (QED) is 0.435. The van der Waals surface area contributed by atoms with Crippen LogP contribution in [0.3, 0.4) is 0 Å². The zero-order valence-corrected chi connectivity index (χ0v) is 16.7. The first-order valence-electron chi connectivity index (χ1n) is 8.65. The van der Waals surface area contributed by atoms with E-state index in [1.165, 1.54) is 11.3 Å². The molecule has 140 valence electrons. The minimum absolute atomic E-state index is 0.116. The van der Waals surface area contributed by atoms with Gasteiger partial charge in [0, 0.05) is 27.4 Å². The fraction of sp³-hybridized carbons (Fsp3) is 0.238. The van der Waals surface area contributed by atoms with E-state index in [2.05, 4.69) is 5.32 Å².